The van der Waals surface area contributed by atoms with E-state index in [1.54, 1.807) is 24.3 Å². The van der Waals surface area contributed by atoms with Crippen molar-refractivity contribution >= 4 is 27.0 Å². The predicted octanol–water partition coefficient (Wildman–Crippen LogP) is 3.48. The lowest BCUT2D eigenvalue weighted by molar-refractivity contribution is 0.0786. The lowest BCUT2D eigenvalue weighted by Gasteiger charge is -2.20. The van der Waals surface area contributed by atoms with Gasteiger partial charge >= 0.3 is 0 Å². The first-order valence-electron chi connectivity index (χ1n) is 8.79. The molecule has 144 valence electrons. The average Bonchev–Trinajstić information content (AvgIpc) is 2.64. The van der Waals surface area contributed by atoms with E-state index in [2.05, 4.69) is 11.1 Å². The van der Waals surface area contributed by atoms with Crippen molar-refractivity contribution in [2.24, 2.45) is 5.92 Å². The number of aromatic amines is 1. The molecule has 1 aliphatic rings. The van der Waals surface area contributed by atoms with Crippen LogP contribution in [0, 0.1) is 5.92 Å². The van der Waals surface area contributed by atoms with Crippen molar-refractivity contribution in [1.82, 2.24) is 4.98 Å². The van der Waals surface area contributed by atoms with Crippen LogP contribution < -0.4 is 5.56 Å². The zero-order valence-corrected chi connectivity index (χ0v) is 16.6. The van der Waals surface area contributed by atoms with Crippen LogP contribution in [0.3, 0.4) is 0 Å². The molecule has 7 heteroatoms. The van der Waals surface area contributed by atoms with Gasteiger partial charge in [-0.2, -0.15) is 0 Å². The Morgan fingerprint density at radius 3 is 2.44 bits per heavy atom. The lowest BCUT2D eigenvalue weighted by atomic mass is 9.93. The Kier molecular flexibility index (Phi) is 6.19. The molecular weight excluding hydrogens is 386 g/mol. The summed E-state index contributed by atoms with van der Waals surface area (Å²) in [5.41, 5.74) is 2.36. The Morgan fingerprint density at radius 1 is 1.19 bits per heavy atom. The van der Waals surface area contributed by atoms with Gasteiger partial charge in [0.2, 0.25) is 0 Å². The molecule has 0 aliphatic carbocycles. The zero-order valence-electron chi connectivity index (χ0n) is 15.1. The molecule has 1 saturated heterocycles. The van der Waals surface area contributed by atoms with E-state index in [4.69, 9.17) is 16.3 Å². The smallest absolute Gasteiger partial charge is 0.267 e. The Balaban J connectivity index is 1.92. The number of ether oxygens (including phenoxy) is 1. The summed E-state index contributed by atoms with van der Waals surface area (Å²) in [5, 5.41) is 0.154. The SMILES string of the molecule is CS(=O)(=O)c1ccc(CC(=CC2CCOCC2)c2ccc(Cl)c(=O)[nH]2)cc1. The van der Waals surface area contributed by atoms with E-state index < -0.39 is 9.84 Å². The molecule has 2 aromatic rings. The fraction of sp³-hybridized carbons (Fsp3) is 0.350. The molecule has 2 heterocycles. The number of aromatic nitrogens is 1. The van der Waals surface area contributed by atoms with E-state index in [9.17, 15) is 13.2 Å². The minimum absolute atomic E-state index is 0.154. The molecule has 0 unspecified atom stereocenters. The van der Waals surface area contributed by atoms with Crippen LogP contribution in [0.15, 0.2) is 52.2 Å². The van der Waals surface area contributed by atoms with Gasteiger partial charge in [-0.1, -0.05) is 29.8 Å². The summed E-state index contributed by atoms with van der Waals surface area (Å²) in [5.74, 6) is 0.378. The van der Waals surface area contributed by atoms with Gasteiger partial charge in [0.05, 0.1) is 4.90 Å². The highest BCUT2D eigenvalue weighted by Gasteiger charge is 2.15. The van der Waals surface area contributed by atoms with E-state index >= 15 is 0 Å². The second kappa shape index (κ2) is 8.42. The van der Waals surface area contributed by atoms with E-state index in [0.29, 0.717) is 17.2 Å². The summed E-state index contributed by atoms with van der Waals surface area (Å²) < 4.78 is 28.7. The van der Waals surface area contributed by atoms with Crippen LogP contribution >= 0.6 is 11.6 Å². The molecule has 0 saturated carbocycles. The van der Waals surface area contributed by atoms with E-state index in [1.807, 2.05) is 12.1 Å². The molecule has 27 heavy (non-hydrogen) atoms. The molecular formula is C20H22ClNO4S. The summed E-state index contributed by atoms with van der Waals surface area (Å²) in [6, 6.07) is 10.2. The highest BCUT2D eigenvalue weighted by molar-refractivity contribution is 7.90. The molecule has 3 rings (SSSR count). The average molecular weight is 408 g/mol. The van der Waals surface area contributed by atoms with Crippen LogP contribution in [0.25, 0.3) is 5.57 Å². The molecule has 1 aliphatic heterocycles. The van der Waals surface area contributed by atoms with Crippen LogP contribution in [-0.4, -0.2) is 32.9 Å². The number of allylic oxidation sites excluding steroid dienone is 2. The molecule has 0 amide bonds. The van der Waals surface area contributed by atoms with Crippen LogP contribution in [0.4, 0.5) is 0 Å². The molecule has 0 radical (unpaired) electrons. The maximum atomic E-state index is 11.9. The third-order valence-corrected chi connectivity index (χ3v) is 6.08. The summed E-state index contributed by atoms with van der Waals surface area (Å²) in [6.45, 7) is 1.46. The Morgan fingerprint density at radius 2 is 1.85 bits per heavy atom. The molecule has 1 fully saturated rings. The van der Waals surface area contributed by atoms with Crippen molar-refractivity contribution < 1.29 is 13.2 Å². The van der Waals surface area contributed by atoms with E-state index in [-0.39, 0.29) is 10.6 Å². The molecule has 1 N–H and O–H groups in total. The lowest BCUT2D eigenvalue weighted by Crippen LogP contribution is -2.15. The predicted molar refractivity (Wildman–Crippen MR) is 107 cm³/mol. The molecule has 0 atom stereocenters. The number of pyridine rings is 1. The van der Waals surface area contributed by atoms with Crippen LogP contribution in [-0.2, 0) is 21.0 Å². The number of halogens is 1. The topological polar surface area (TPSA) is 76.2 Å². The molecule has 5 nitrogen and oxygen atoms in total. The first-order chi connectivity index (χ1) is 12.8. The second-order valence-electron chi connectivity index (χ2n) is 6.78. The summed E-state index contributed by atoms with van der Waals surface area (Å²) in [6.07, 6.45) is 5.84. The molecule has 0 bridgehead atoms. The van der Waals surface area contributed by atoms with E-state index in [0.717, 1.165) is 42.9 Å². The number of rotatable bonds is 5. The zero-order chi connectivity index (χ0) is 19.4. The summed E-state index contributed by atoms with van der Waals surface area (Å²) >= 11 is 5.86. The van der Waals surface area contributed by atoms with Gasteiger partial charge in [0.25, 0.3) is 5.56 Å². The molecule has 0 spiro atoms. The van der Waals surface area contributed by atoms with Gasteiger partial charge in [-0.05, 0) is 60.6 Å². The van der Waals surface area contributed by atoms with Gasteiger partial charge in [-0.3, -0.25) is 4.79 Å². The first kappa shape index (κ1) is 19.9. The maximum absolute atomic E-state index is 11.9. The Labute approximate surface area is 164 Å². The number of benzene rings is 1. The van der Waals surface area contributed by atoms with Crippen molar-refractivity contribution in [3.63, 3.8) is 0 Å². The number of hydrogen-bond donors (Lipinski definition) is 1. The van der Waals surface area contributed by atoms with Crippen molar-refractivity contribution in [3.8, 4) is 0 Å². The highest BCUT2D eigenvalue weighted by atomic mass is 35.5. The van der Waals surface area contributed by atoms with Gasteiger partial charge in [-0.25, -0.2) is 8.42 Å². The van der Waals surface area contributed by atoms with Crippen molar-refractivity contribution in [2.75, 3.05) is 19.5 Å². The third kappa shape index (κ3) is 5.31. The van der Waals surface area contributed by atoms with Gasteiger partial charge in [0.15, 0.2) is 9.84 Å². The van der Waals surface area contributed by atoms with Gasteiger partial charge in [0, 0.05) is 25.2 Å². The minimum Gasteiger partial charge on any atom is -0.381 e. The monoisotopic (exact) mass is 407 g/mol. The minimum atomic E-state index is -3.22. The first-order valence-corrected chi connectivity index (χ1v) is 11.1. The third-order valence-electron chi connectivity index (χ3n) is 4.66. The van der Waals surface area contributed by atoms with Crippen molar-refractivity contribution in [1.29, 1.82) is 0 Å². The van der Waals surface area contributed by atoms with Gasteiger partial charge in [-0.15, -0.1) is 0 Å². The van der Waals surface area contributed by atoms with Crippen molar-refractivity contribution in [2.45, 2.75) is 24.2 Å². The molecule has 1 aromatic carbocycles. The Bertz CT molecular complexity index is 987. The highest BCUT2D eigenvalue weighted by Crippen LogP contribution is 2.25. The number of sulfone groups is 1. The van der Waals surface area contributed by atoms with Crippen molar-refractivity contribution in [3.05, 3.63) is 69.1 Å². The summed E-state index contributed by atoms with van der Waals surface area (Å²) in [7, 11) is -3.22. The number of hydrogen-bond acceptors (Lipinski definition) is 4. The fourth-order valence-corrected chi connectivity index (χ4v) is 3.87. The Hall–Kier alpha value is -1.89. The van der Waals surface area contributed by atoms with Gasteiger partial charge in [0.1, 0.15) is 5.02 Å². The van der Waals surface area contributed by atoms with Crippen LogP contribution in [0.5, 0.6) is 0 Å². The quantitative estimate of drug-likeness (QED) is 0.823. The fourth-order valence-electron chi connectivity index (χ4n) is 3.13. The van der Waals surface area contributed by atoms with Crippen LogP contribution in [0.2, 0.25) is 5.02 Å². The number of H-pyrrole nitrogens is 1. The van der Waals surface area contributed by atoms with Crippen LogP contribution in [0.1, 0.15) is 24.1 Å². The molecule has 1 aromatic heterocycles. The summed E-state index contributed by atoms with van der Waals surface area (Å²) in [4.78, 5) is 15.1. The largest absolute Gasteiger partial charge is 0.381 e. The number of nitrogens with one attached hydrogen (secondary N) is 1. The second-order valence-corrected chi connectivity index (χ2v) is 9.21. The van der Waals surface area contributed by atoms with Gasteiger partial charge < -0.3 is 9.72 Å². The normalized spacial score (nSPS) is 16.4. The standard InChI is InChI=1S/C20H22ClNO4S/c1-27(24,25)17-4-2-14(3-5-17)12-16(13-15-8-10-26-11-9-15)19-7-6-18(21)20(23)22-19/h2-7,13,15H,8-12H2,1H3,(H,22,23). The maximum Gasteiger partial charge on any atom is 0.267 e. The van der Waals surface area contributed by atoms with E-state index in [1.165, 1.54) is 6.26 Å².